The number of pyridine rings is 2. The first-order chi connectivity index (χ1) is 15.2. The lowest BCUT2D eigenvalue weighted by molar-refractivity contribution is -0.143. The molecule has 0 spiro atoms. The first-order valence-electron chi connectivity index (χ1n) is 10.1. The Bertz CT molecular complexity index is 1270. The minimum atomic E-state index is -2.66. The largest absolute Gasteiger partial charge is 0.465 e. The molecule has 10 heteroatoms. The van der Waals surface area contributed by atoms with E-state index in [9.17, 15) is 18.4 Å². The Morgan fingerprint density at radius 3 is 2.62 bits per heavy atom. The van der Waals surface area contributed by atoms with E-state index in [4.69, 9.17) is 16.3 Å². The van der Waals surface area contributed by atoms with Gasteiger partial charge in [-0.05, 0) is 37.4 Å². The van der Waals surface area contributed by atoms with Gasteiger partial charge in [-0.2, -0.15) is 0 Å². The van der Waals surface area contributed by atoms with Crippen molar-refractivity contribution in [3.63, 3.8) is 0 Å². The van der Waals surface area contributed by atoms with Gasteiger partial charge in [-0.1, -0.05) is 11.6 Å². The molecule has 6 nitrogen and oxygen atoms in total. The van der Waals surface area contributed by atoms with Crippen LogP contribution in [0.25, 0.3) is 21.9 Å². The molecule has 2 aromatic heterocycles. The summed E-state index contributed by atoms with van der Waals surface area (Å²) in [5.74, 6) is -2.70. The molecule has 3 aromatic rings. The lowest BCUT2D eigenvalue weighted by Gasteiger charge is -2.41. The number of ether oxygens (including phenoxy) is 1. The lowest BCUT2D eigenvalue weighted by Crippen LogP contribution is -2.49. The van der Waals surface area contributed by atoms with Crippen LogP contribution in [0.5, 0.6) is 0 Å². The number of carbonyl (C=O) groups is 1. The van der Waals surface area contributed by atoms with Crippen LogP contribution in [-0.2, 0) is 16.1 Å². The molecule has 1 aliphatic carbocycles. The number of alkyl halides is 2. The van der Waals surface area contributed by atoms with Gasteiger partial charge in [0.15, 0.2) is 5.43 Å². The third-order valence-corrected chi connectivity index (χ3v) is 6.98. The molecule has 0 amide bonds. The van der Waals surface area contributed by atoms with Crippen molar-refractivity contribution in [2.75, 3.05) is 24.8 Å². The third-order valence-electron chi connectivity index (χ3n) is 5.73. The van der Waals surface area contributed by atoms with E-state index in [-0.39, 0.29) is 43.1 Å². The molecule has 0 radical (unpaired) electrons. The fourth-order valence-corrected chi connectivity index (χ4v) is 5.10. The van der Waals surface area contributed by atoms with E-state index in [2.05, 4.69) is 4.98 Å². The van der Waals surface area contributed by atoms with E-state index in [1.54, 1.807) is 47.7 Å². The molecule has 0 bridgehead atoms. The minimum Gasteiger partial charge on any atom is -0.465 e. The summed E-state index contributed by atoms with van der Waals surface area (Å²) >= 11 is 7.76. The fourth-order valence-electron chi connectivity index (χ4n) is 4.04. The van der Waals surface area contributed by atoms with E-state index in [0.717, 1.165) is 0 Å². The maximum Gasteiger partial charge on any atom is 0.326 e. The van der Waals surface area contributed by atoms with Gasteiger partial charge in [0.2, 0.25) is 0 Å². The third kappa shape index (κ3) is 3.92. The zero-order chi connectivity index (χ0) is 23.2. The van der Waals surface area contributed by atoms with Crippen LogP contribution in [0.2, 0.25) is 5.02 Å². The summed E-state index contributed by atoms with van der Waals surface area (Å²) in [6, 6.07) is 6.21. The second kappa shape index (κ2) is 8.51. The molecule has 0 saturated heterocycles. The molecule has 0 aliphatic heterocycles. The summed E-state index contributed by atoms with van der Waals surface area (Å²) in [5.41, 5.74) is 0.542. The number of fused-ring (bicyclic) bond motifs is 2. The number of nitrogens with zero attached hydrogens (tertiary/aromatic N) is 3. The summed E-state index contributed by atoms with van der Waals surface area (Å²) in [7, 11) is 1.70. The molecule has 0 N–H and O–H groups in total. The molecule has 32 heavy (non-hydrogen) atoms. The van der Waals surface area contributed by atoms with Crippen molar-refractivity contribution in [1.29, 1.82) is 0 Å². The van der Waals surface area contributed by atoms with Crippen LogP contribution in [0.3, 0.4) is 0 Å². The molecular formula is C22H22ClF2N3O3S. The number of thioether (sulfide) groups is 1. The summed E-state index contributed by atoms with van der Waals surface area (Å²) in [5, 5.41) is 1.19. The van der Waals surface area contributed by atoms with E-state index < -0.39 is 11.9 Å². The smallest absolute Gasteiger partial charge is 0.326 e. The number of halogens is 3. The quantitative estimate of drug-likeness (QED) is 0.288. The summed E-state index contributed by atoms with van der Waals surface area (Å²) in [4.78, 5) is 32.7. The Morgan fingerprint density at radius 2 is 2.00 bits per heavy atom. The number of carbonyl (C=O) groups excluding carboxylic acids is 1. The minimum absolute atomic E-state index is 0.170. The highest BCUT2D eigenvalue weighted by atomic mass is 35.5. The van der Waals surface area contributed by atoms with Crippen LogP contribution in [0.1, 0.15) is 19.8 Å². The fraction of sp³-hybridized carbons (Fsp3) is 0.409. The maximum atomic E-state index is 13.4. The van der Waals surface area contributed by atoms with Gasteiger partial charge in [0.25, 0.3) is 5.92 Å². The summed E-state index contributed by atoms with van der Waals surface area (Å²) in [6.45, 7) is 1.75. The van der Waals surface area contributed by atoms with Crippen molar-refractivity contribution < 1.29 is 18.3 Å². The Balaban J connectivity index is 1.96. The molecule has 0 unspecified atom stereocenters. The molecule has 1 fully saturated rings. The number of aromatic nitrogens is 2. The van der Waals surface area contributed by atoms with Gasteiger partial charge >= 0.3 is 5.97 Å². The van der Waals surface area contributed by atoms with E-state index in [1.165, 1.54) is 11.8 Å². The van der Waals surface area contributed by atoms with Gasteiger partial charge in [0.1, 0.15) is 18.0 Å². The SMILES string of the molecule is CCOC(=O)Cn1c2nc(N(C)C3CC(F)(F)C3)ccc2c(=O)c2ccc(Cl)c(SC)c21. The predicted molar refractivity (Wildman–Crippen MR) is 123 cm³/mol. The Morgan fingerprint density at radius 1 is 1.31 bits per heavy atom. The summed E-state index contributed by atoms with van der Waals surface area (Å²) < 4.78 is 33.6. The van der Waals surface area contributed by atoms with Gasteiger partial charge < -0.3 is 14.2 Å². The lowest BCUT2D eigenvalue weighted by atomic mass is 9.87. The van der Waals surface area contributed by atoms with Crippen molar-refractivity contribution >= 4 is 57.1 Å². The Hall–Kier alpha value is -2.39. The van der Waals surface area contributed by atoms with Crippen molar-refractivity contribution in [2.45, 2.75) is 43.2 Å². The van der Waals surface area contributed by atoms with Crippen molar-refractivity contribution in [2.24, 2.45) is 0 Å². The monoisotopic (exact) mass is 481 g/mol. The molecule has 1 aromatic carbocycles. The van der Waals surface area contributed by atoms with E-state index >= 15 is 0 Å². The highest BCUT2D eigenvalue weighted by Gasteiger charge is 2.47. The Kier molecular flexibility index (Phi) is 6.06. The molecular weight excluding hydrogens is 460 g/mol. The first-order valence-corrected chi connectivity index (χ1v) is 11.7. The number of benzene rings is 1. The summed E-state index contributed by atoms with van der Waals surface area (Å²) in [6.07, 6.45) is 1.34. The zero-order valence-electron chi connectivity index (χ0n) is 17.8. The highest BCUT2D eigenvalue weighted by Crippen LogP contribution is 2.41. The van der Waals surface area contributed by atoms with E-state index in [0.29, 0.717) is 32.0 Å². The second-order valence-electron chi connectivity index (χ2n) is 7.77. The second-order valence-corrected chi connectivity index (χ2v) is 8.99. The van der Waals surface area contributed by atoms with Gasteiger partial charge in [0.05, 0.1) is 27.4 Å². The normalized spacial score (nSPS) is 15.7. The predicted octanol–water partition coefficient (Wildman–Crippen LogP) is 4.72. The standard InChI is InChI=1S/C22H22ClF2N3O3S/c1-4-31-17(29)11-28-18-13(5-7-15(23)20(18)32-3)19(30)14-6-8-16(26-21(14)28)27(2)12-9-22(24,25)10-12/h5-8,12H,4,9-11H2,1-3H3. The molecule has 4 rings (SSSR count). The van der Waals surface area contributed by atoms with Gasteiger partial charge in [-0.3, -0.25) is 9.59 Å². The zero-order valence-corrected chi connectivity index (χ0v) is 19.4. The topological polar surface area (TPSA) is 64.4 Å². The van der Waals surface area contributed by atoms with Gasteiger partial charge in [-0.25, -0.2) is 13.8 Å². The molecule has 1 aliphatic rings. The number of hydrogen-bond acceptors (Lipinski definition) is 6. The molecule has 0 atom stereocenters. The van der Waals surface area contributed by atoms with E-state index in [1.807, 2.05) is 6.26 Å². The first kappa shape index (κ1) is 22.8. The van der Waals surface area contributed by atoms with Crippen LogP contribution >= 0.6 is 23.4 Å². The molecule has 1 saturated carbocycles. The number of hydrogen-bond donors (Lipinski definition) is 0. The van der Waals surface area contributed by atoms with Gasteiger partial charge in [-0.15, -0.1) is 11.8 Å². The van der Waals surface area contributed by atoms with Crippen LogP contribution in [0.15, 0.2) is 34.0 Å². The molecule has 2 heterocycles. The van der Waals surface area contributed by atoms with Crippen LogP contribution in [0.4, 0.5) is 14.6 Å². The van der Waals surface area contributed by atoms with Gasteiger partial charge in [0, 0.05) is 31.3 Å². The van der Waals surface area contributed by atoms with Crippen molar-refractivity contribution in [3.8, 4) is 0 Å². The van der Waals surface area contributed by atoms with Crippen molar-refractivity contribution in [3.05, 3.63) is 39.5 Å². The number of rotatable bonds is 6. The Labute approximate surface area is 192 Å². The van der Waals surface area contributed by atoms with Crippen LogP contribution in [0, 0.1) is 0 Å². The van der Waals surface area contributed by atoms with Crippen molar-refractivity contribution in [1.82, 2.24) is 9.55 Å². The van der Waals surface area contributed by atoms with Crippen LogP contribution in [-0.4, -0.2) is 47.4 Å². The molecule has 170 valence electrons. The number of esters is 1. The average Bonchev–Trinajstić information content (AvgIpc) is 2.74. The number of anilines is 1. The van der Waals surface area contributed by atoms with Crippen LogP contribution < -0.4 is 10.3 Å². The average molecular weight is 482 g/mol. The highest BCUT2D eigenvalue weighted by molar-refractivity contribution is 7.99. The maximum absolute atomic E-state index is 13.4.